The highest BCUT2D eigenvalue weighted by Crippen LogP contribution is 2.33. The molecule has 23 heavy (non-hydrogen) atoms. The van der Waals surface area contributed by atoms with E-state index < -0.39 is 0 Å². The highest BCUT2D eigenvalue weighted by molar-refractivity contribution is 6.03. The van der Waals surface area contributed by atoms with Crippen LogP contribution in [0.25, 0.3) is 0 Å². The smallest absolute Gasteiger partial charge is 0.234 e. The molecule has 2 atom stereocenters. The summed E-state index contributed by atoms with van der Waals surface area (Å²) in [6.07, 6.45) is 0.336. The summed E-state index contributed by atoms with van der Waals surface area (Å²) in [5, 5.41) is 0. The van der Waals surface area contributed by atoms with Gasteiger partial charge in [-0.2, -0.15) is 0 Å². The maximum Gasteiger partial charge on any atom is 0.234 e. The third-order valence-corrected chi connectivity index (χ3v) is 5.15. The fraction of sp³-hybridized carbons (Fsp3) is 0.556. The zero-order chi connectivity index (χ0) is 16.4. The predicted octanol–water partition coefficient (Wildman–Crippen LogP) is 1.37. The number of rotatable bonds is 4. The van der Waals surface area contributed by atoms with Crippen LogP contribution in [0.4, 0.5) is 0 Å². The Hall–Kier alpha value is -1.72. The first-order valence-electron chi connectivity index (χ1n) is 8.36. The molecule has 1 aromatic rings. The minimum absolute atomic E-state index is 0.00900. The van der Waals surface area contributed by atoms with Crippen LogP contribution in [-0.4, -0.2) is 66.4 Å². The lowest BCUT2D eigenvalue weighted by Crippen LogP contribution is -2.50. The monoisotopic (exact) mass is 315 g/mol. The summed E-state index contributed by atoms with van der Waals surface area (Å²) in [5.41, 5.74) is 1.13. The van der Waals surface area contributed by atoms with Gasteiger partial charge in [0.2, 0.25) is 11.8 Å². The molecular weight excluding hydrogens is 290 g/mol. The topological polar surface area (TPSA) is 43.9 Å². The van der Waals surface area contributed by atoms with E-state index in [0.29, 0.717) is 13.1 Å². The van der Waals surface area contributed by atoms with Gasteiger partial charge >= 0.3 is 0 Å². The van der Waals surface area contributed by atoms with Crippen molar-refractivity contribution in [3.63, 3.8) is 0 Å². The average molecular weight is 315 g/mol. The van der Waals surface area contributed by atoms with E-state index in [1.54, 1.807) is 0 Å². The summed E-state index contributed by atoms with van der Waals surface area (Å²) < 4.78 is 0. The number of benzene rings is 1. The zero-order valence-corrected chi connectivity index (χ0v) is 13.9. The van der Waals surface area contributed by atoms with Gasteiger partial charge in [-0.1, -0.05) is 37.3 Å². The number of carbonyl (C=O) groups excluding carboxylic acids is 2. The molecule has 5 nitrogen and oxygen atoms in total. The normalized spacial score (nSPS) is 25.1. The van der Waals surface area contributed by atoms with E-state index >= 15 is 0 Å². The van der Waals surface area contributed by atoms with Gasteiger partial charge in [0.1, 0.15) is 0 Å². The van der Waals surface area contributed by atoms with Crippen LogP contribution in [0.5, 0.6) is 0 Å². The fourth-order valence-electron chi connectivity index (χ4n) is 3.43. The van der Waals surface area contributed by atoms with E-state index in [9.17, 15) is 9.59 Å². The first kappa shape index (κ1) is 16.1. The summed E-state index contributed by atoms with van der Waals surface area (Å²) >= 11 is 0. The van der Waals surface area contributed by atoms with Crippen molar-refractivity contribution in [3.05, 3.63) is 35.9 Å². The molecule has 3 rings (SSSR count). The average Bonchev–Trinajstić information content (AvgIpc) is 2.85. The first-order chi connectivity index (χ1) is 11.1. The van der Waals surface area contributed by atoms with E-state index in [4.69, 9.17) is 0 Å². The van der Waals surface area contributed by atoms with Crippen molar-refractivity contribution in [2.24, 2.45) is 5.92 Å². The van der Waals surface area contributed by atoms with Gasteiger partial charge in [-0.05, 0) is 18.5 Å². The summed E-state index contributed by atoms with van der Waals surface area (Å²) in [7, 11) is 2.10. The maximum absolute atomic E-state index is 12.7. The molecule has 2 unspecified atom stereocenters. The molecule has 0 radical (unpaired) electrons. The van der Waals surface area contributed by atoms with Crippen molar-refractivity contribution in [3.8, 4) is 0 Å². The Morgan fingerprint density at radius 3 is 2.39 bits per heavy atom. The minimum atomic E-state index is -0.225. The number of piperazine rings is 1. The third kappa shape index (κ3) is 3.46. The van der Waals surface area contributed by atoms with Crippen LogP contribution in [0.3, 0.4) is 0 Å². The molecule has 0 saturated carbocycles. The van der Waals surface area contributed by atoms with Crippen molar-refractivity contribution in [1.29, 1.82) is 0 Å². The van der Waals surface area contributed by atoms with E-state index in [2.05, 4.69) is 16.8 Å². The molecule has 2 fully saturated rings. The molecule has 0 bridgehead atoms. The number of likely N-dealkylation sites (tertiary alicyclic amines) is 1. The first-order valence-corrected chi connectivity index (χ1v) is 8.36. The number of hydrogen-bond acceptors (Lipinski definition) is 4. The molecule has 2 aliphatic heterocycles. The summed E-state index contributed by atoms with van der Waals surface area (Å²) in [5.74, 6) is -0.186. The van der Waals surface area contributed by atoms with Crippen molar-refractivity contribution in [2.75, 3.05) is 39.9 Å². The molecule has 2 amide bonds. The second-order valence-corrected chi connectivity index (χ2v) is 6.73. The number of carbonyl (C=O) groups is 2. The second kappa shape index (κ2) is 6.81. The van der Waals surface area contributed by atoms with Crippen LogP contribution < -0.4 is 0 Å². The lowest BCUT2D eigenvalue weighted by Gasteiger charge is -2.34. The van der Waals surface area contributed by atoms with Crippen molar-refractivity contribution in [2.45, 2.75) is 19.3 Å². The van der Waals surface area contributed by atoms with Crippen LogP contribution >= 0.6 is 0 Å². The molecule has 2 saturated heterocycles. The summed E-state index contributed by atoms with van der Waals surface area (Å²) in [6, 6.07) is 10.00. The molecule has 0 aromatic heterocycles. The third-order valence-electron chi connectivity index (χ3n) is 5.15. The lowest BCUT2D eigenvalue weighted by atomic mass is 9.86. The molecular formula is C18H25N3O2. The molecule has 2 aliphatic rings. The van der Waals surface area contributed by atoms with Crippen LogP contribution in [0.2, 0.25) is 0 Å². The number of hydrogen-bond donors (Lipinski definition) is 0. The van der Waals surface area contributed by atoms with Crippen LogP contribution in [0, 0.1) is 5.92 Å². The quantitative estimate of drug-likeness (QED) is 0.787. The van der Waals surface area contributed by atoms with Gasteiger partial charge in [-0.25, -0.2) is 0 Å². The predicted molar refractivity (Wildman–Crippen MR) is 88.8 cm³/mol. The van der Waals surface area contributed by atoms with E-state index in [-0.39, 0.29) is 23.7 Å². The standard InChI is InChI=1S/C18H25N3O2/c1-14(15-6-4-3-5-7-15)16-12-17(22)21(18(16)23)13-20-10-8-19(2)9-11-20/h3-7,14,16H,8-13H2,1-2H3. The lowest BCUT2D eigenvalue weighted by molar-refractivity contribution is -0.142. The summed E-state index contributed by atoms with van der Waals surface area (Å²) in [6.45, 7) is 6.28. The molecule has 1 aromatic carbocycles. The van der Waals surface area contributed by atoms with Crippen molar-refractivity contribution >= 4 is 11.8 Å². The van der Waals surface area contributed by atoms with Gasteiger partial charge in [0.25, 0.3) is 0 Å². The van der Waals surface area contributed by atoms with E-state index in [1.807, 2.05) is 37.3 Å². The number of imide groups is 1. The highest BCUT2D eigenvalue weighted by Gasteiger charge is 2.42. The summed E-state index contributed by atoms with van der Waals surface area (Å²) in [4.78, 5) is 31.0. The Morgan fingerprint density at radius 2 is 1.74 bits per heavy atom. The van der Waals surface area contributed by atoms with Gasteiger partial charge in [-0.3, -0.25) is 19.4 Å². The zero-order valence-electron chi connectivity index (χ0n) is 13.9. The molecule has 0 N–H and O–H groups in total. The van der Waals surface area contributed by atoms with E-state index in [1.165, 1.54) is 4.90 Å². The Kier molecular flexibility index (Phi) is 4.78. The second-order valence-electron chi connectivity index (χ2n) is 6.73. The van der Waals surface area contributed by atoms with Gasteiger partial charge in [0.15, 0.2) is 0 Å². The van der Waals surface area contributed by atoms with Gasteiger partial charge in [0.05, 0.1) is 12.6 Å². The Bertz CT molecular complexity index is 567. The fourth-order valence-corrected chi connectivity index (χ4v) is 3.43. The van der Waals surface area contributed by atoms with Crippen molar-refractivity contribution in [1.82, 2.24) is 14.7 Å². The van der Waals surface area contributed by atoms with Gasteiger partial charge < -0.3 is 4.90 Å². The highest BCUT2D eigenvalue weighted by atomic mass is 16.2. The molecule has 0 aliphatic carbocycles. The largest absolute Gasteiger partial charge is 0.304 e. The number of amides is 2. The van der Waals surface area contributed by atoms with Gasteiger partial charge in [-0.15, -0.1) is 0 Å². The molecule has 2 heterocycles. The maximum atomic E-state index is 12.7. The minimum Gasteiger partial charge on any atom is -0.304 e. The Labute approximate surface area is 137 Å². The van der Waals surface area contributed by atoms with E-state index in [0.717, 1.165) is 31.7 Å². The SMILES string of the molecule is CC(c1ccccc1)C1CC(=O)N(CN2CCN(C)CC2)C1=O. The number of likely N-dealkylation sites (N-methyl/N-ethyl adjacent to an activating group) is 1. The molecule has 124 valence electrons. The van der Waals surface area contributed by atoms with Crippen LogP contribution in [0.1, 0.15) is 24.8 Å². The van der Waals surface area contributed by atoms with Crippen LogP contribution in [-0.2, 0) is 9.59 Å². The Balaban J connectivity index is 1.65. The van der Waals surface area contributed by atoms with Gasteiger partial charge in [0, 0.05) is 32.6 Å². The van der Waals surface area contributed by atoms with Crippen molar-refractivity contribution < 1.29 is 9.59 Å². The molecule has 5 heteroatoms. The number of nitrogens with zero attached hydrogens (tertiary/aromatic N) is 3. The molecule has 0 spiro atoms. The van der Waals surface area contributed by atoms with Crippen LogP contribution in [0.15, 0.2) is 30.3 Å². The Morgan fingerprint density at radius 1 is 1.09 bits per heavy atom.